The fraction of sp³-hybridized carbons (Fsp3) is 0.917. The summed E-state index contributed by atoms with van der Waals surface area (Å²) in [5.41, 5.74) is 0. The zero-order valence-corrected chi connectivity index (χ0v) is 10.6. The van der Waals surface area contributed by atoms with E-state index < -0.39 is 0 Å². The molecular formula is C12H23NO3. The zero-order chi connectivity index (χ0) is 12.3. The third-order valence-corrected chi connectivity index (χ3v) is 3.32. The molecule has 0 aromatic rings. The lowest BCUT2D eigenvalue weighted by molar-refractivity contribution is -0.144. The fourth-order valence-electron chi connectivity index (χ4n) is 2.23. The van der Waals surface area contributed by atoms with E-state index in [1.165, 1.54) is 0 Å². The molecule has 0 aliphatic carbocycles. The van der Waals surface area contributed by atoms with Crippen molar-refractivity contribution in [1.29, 1.82) is 0 Å². The van der Waals surface area contributed by atoms with Crippen molar-refractivity contribution in [1.82, 2.24) is 4.90 Å². The molecule has 94 valence electrons. The van der Waals surface area contributed by atoms with Gasteiger partial charge >= 0.3 is 0 Å². The van der Waals surface area contributed by atoms with Crippen molar-refractivity contribution in [2.24, 2.45) is 5.92 Å². The predicted molar refractivity (Wildman–Crippen MR) is 62.1 cm³/mol. The van der Waals surface area contributed by atoms with Gasteiger partial charge in [0.1, 0.15) is 0 Å². The Morgan fingerprint density at radius 2 is 1.94 bits per heavy atom. The van der Waals surface area contributed by atoms with E-state index in [-0.39, 0.29) is 36.7 Å². The highest BCUT2D eigenvalue weighted by atomic mass is 16.5. The molecule has 3 atom stereocenters. The maximum absolute atomic E-state index is 12.1. The third kappa shape index (κ3) is 3.19. The standard InChI is InChI=1S/C12H23NO3/c1-8(7-14)13(4)12(15)11-5-9(2)16-10(3)6-11/h8-11,14H,5-7H2,1-4H3. The van der Waals surface area contributed by atoms with E-state index in [2.05, 4.69) is 0 Å². The average molecular weight is 229 g/mol. The van der Waals surface area contributed by atoms with Crippen LogP contribution in [0.4, 0.5) is 0 Å². The first-order chi connectivity index (χ1) is 7.45. The van der Waals surface area contributed by atoms with E-state index in [4.69, 9.17) is 9.84 Å². The first kappa shape index (κ1) is 13.5. The lowest BCUT2D eigenvalue weighted by Gasteiger charge is -2.35. The van der Waals surface area contributed by atoms with Gasteiger partial charge in [-0.2, -0.15) is 0 Å². The summed E-state index contributed by atoms with van der Waals surface area (Å²) >= 11 is 0. The maximum atomic E-state index is 12.1. The predicted octanol–water partition coefficient (Wildman–Crippen LogP) is 1.03. The second kappa shape index (κ2) is 5.64. The number of hydrogen-bond acceptors (Lipinski definition) is 3. The molecule has 1 aliphatic rings. The van der Waals surface area contributed by atoms with Crippen LogP contribution >= 0.6 is 0 Å². The first-order valence-electron chi connectivity index (χ1n) is 5.98. The number of amides is 1. The quantitative estimate of drug-likeness (QED) is 0.786. The molecule has 1 saturated heterocycles. The molecule has 1 amide bonds. The lowest BCUT2D eigenvalue weighted by atomic mass is 9.91. The fourth-order valence-corrected chi connectivity index (χ4v) is 2.23. The summed E-state index contributed by atoms with van der Waals surface area (Å²) in [5, 5.41) is 9.04. The minimum Gasteiger partial charge on any atom is -0.394 e. The van der Waals surface area contributed by atoms with E-state index in [9.17, 15) is 4.79 Å². The number of rotatable bonds is 3. The molecule has 16 heavy (non-hydrogen) atoms. The van der Waals surface area contributed by atoms with Crippen LogP contribution in [0.15, 0.2) is 0 Å². The van der Waals surface area contributed by atoms with Crippen LogP contribution in [0.2, 0.25) is 0 Å². The van der Waals surface area contributed by atoms with Gasteiger partial charge < -0.3 is 14.7 Å². The highest BCUT2D eigenvalue weighted by Crippen LogP contribution is 2.26. The molecule has 1 aliphatic heterocycles. The molecule has 0 bridgehead atoms. The van der Waals surface area contributed by atoms with Crippen molar-refractivity contribution in [3.8, 4) is 0 Å². The number of carbonyl (C=O) groups excluding carboxylic acids is 1. The minimum absolute atomic E-state index is 0.0105. The van der Waals surface area contributed by atoms with Crippen molar-refractivity contribution in [3.63, 3.8) is 0 Å². The molecule has 1 N–H and O–H groups in total. The van der Waals surface area contributed by atoms with Gasteiger partial charge in [0.15, 0.2) is 0 Å². The van der Waals surface area contributed by atoms with Crippen LogP contribution in [0.5, 0.6) is 0 Å². The third-order valence-electron chi connectivity index (χ3n) is 3.32. The van der Waals surface area contributed by atoms with Gasteiger partial charge in [-0.15, -0.1) is 0 Å². The van der Waals surface area contributed by atoms with Crippen LogP contribution < -0.4 is 0 Å². The Morgan fingerprint density at radius 3 is 2.38 bits per heavy atom. The number of aliphatic hydroxyl groups excluding tert-OH is 1. The summed E-state index contributed by atoms with van der Waals surface area (Å²) in [6, 6.07) is -0.110. The maximum Gasteiger partial charge on any atom is 0.225 e. The number of aliphatic hydroxyl groups is 1. The number of hydrogen-bond donors (Lipinski definition) is 1. The Labute approximate surface area is 97.6 Å². The van der Waals surface area contributed by atoms with Gasteiger partial charge in [-0.25, -0.2) is 0 Å². The number of ether oxygens (including phenoxy) is 1. The summed E-state index contributed by atoms with van der Waals surface area (Å²) in [6.45, 7) is 5.87. The molecular weight excluding hydrogens is 206 g/mol. The average Bonchev–Trinajstić information content (AvgIpc) is 2.24. The van der Waals surface area contributed by atoms with Crippen LogP contribution in [0.25, 0.3) is 0 Å². The number of carbonyl (C=O) groups is 1. The van der Waals surface area contributed by atoms with Gasteiger partial charge in [0, 0.05) is 13.0 Å². The number of nitrogens with zero attached hydrogens (tertiary/aromatic N) is 1. The van der Waals surface area contributed by atoms with Gasteiger partial charge in [-0.05, 0) is 33.6 Å². The molecule has 0 aromatic carbocycles. The summed E-state index contributed by atoms with van der Waals surface area (Å²) in [7, 11) is 1.76. The Balaban J connectivity index is 2.59. The van der Waals surface area contributed by atoms with Crippen molar-refractivity contribution in [3.05, 3.63) is 0 Å². The topological polar surface area (TPSA) is 49.8 Å². The van der Waals surface area contributed by atoms with Crippen molar-refractivity contribution < 1.29 is 14.6 Å². The van der Waals surface area contributed by atoms with Gasteiger partial charge in [0.2, 0.25) is 5.91 Å². The Kier molecular flexibility index (Phi) is 4.74. The minimum atomic E-state index is -0.110. The SMILES string of the molecule is CC1CC(C(=O)N(C)C(C)CO)CC(C)O1. The van der Waals surface area contributed by atoms with Gasteiger partial charge in [0.05, 0.1) is 24.9 Å². The molecule has 3 unspecified atom stereocenters. The lowest BCUT2D eigenvalue weighted by Crippen LogP contribution is -2.44. The van der Waals surface area contributed by atoms with Crippen LogP contribution in [-0.4, -0.2) is 47.8 Å². The van der Waals surface area contributed by atoms with E-state index in [0.29, 0.717) is 0 Å². The smallest absolute Gasteiger partial charge is 0.225 e. The molecule has 1 rings (SSSR count). The highest BCUT2D eigenvalue weighted by molar-refractivity contribution is 5.79. The normalized spacial score (nSPS) is 32.2. The molecule has 4 nitrogen and oxygen atoms in total. The van der Waals surface area contributed by atoms with Crippen molar-refractivity contribution in [2.45, 2.75) is 51.9 Å². The molecule has 0 radical (unpaired) electrons. The van der Waals surface area contributed by atoms with Crippen LogP contribution in [0, 0.1) is 5.92 Å². The molecule has 0 aromatic heterocycles. The Hall–Kier alpha value is -0.610. The highest BCUT2D eigenvalue weighted by Gasteiger charge is 2.32. The monoisotopic (exact) mass is 229 g/mol. The van der Waals surface area contributed by atoms with E-state index in [0.717, 1.165) is 12.8 Å². The summed E-state index contributed by atoms with van der Waals surface area (Å²) < 4.78 is 5.61. The summed E-state index contributed by atoms with van der Waals surface area (Å²) in [5.74, 6) is 0.168. The van der Waals surface area contributed by atoms with Crippen molar-refractivity contribution >= 4 is 5.91 Å². The molecule has 4 heteroatoms. The van der Waals surface area contributed by atoms with E-state index in [1.54, 1.807) is 11.9 Å². The first-order valence-corrected chi connectivity index (χ1v) is 5.98. The van der Waals surface area contributed by atoms with Gasteiger partial charge in [-0.1, -0.05) is 0 Å². The Morgan fingerprint density at radius 1 is 1.44 bits per heavy atom. The molecule has 0 saturated carbocycles. The van der Waals surface area contributed by atoms with Crippen LogP contribution in [0.1, 0.15) is 33.6 Å². The molecule has 0 spiro atoms. The van der Waals surface area contributed by atoms with E-state index in [1.807, 2.05) is 20.8 Å². The van der Waals surface area contributed by atoms with Crippen LogP contribution in [0.3, 0.4) is 0 Å². The second-order valence-electron chi connectivity index (χ2n) is 4.91. The molecule has 1 heterocycles. The van der Waals surface area contributed by atoms with E-state index >= 15 is 0 Å². The largest absolute Gasteiger partial charge is 0.394 e. The summed E-state index contributed by atoms with van der Waals surface area (Å²) in [6.07, 6.45) is 1.86. The summed E-state index contributed by atoms with van der Waals surface area (Å²) in [4.78, 5) is 13.8. The second-order valence-corrected chi connectivity index (χ2v) is 4.91. The zero-order valence-electron chi connectivity index (χ0n) is 10.6. The Bertz CT molecular complexity index is 234. The number of likely N-dealkylation sites (N-methyl/N-ethyl adjacent to an activating group) is 1. The van der Waals surface area contributed by atoms with Gasteiger partial charge in [-0.3, -0.25) is 4.79 Å². The van der Waals surface area contributed by atoms with Crippen molar-refractivity contribution in [2.75, 3.05) is 13.7 Å². The van der Waals surface area contributed by atoms with Gasteiger partial charge in [0.25, 0.3) is 0 Å². The van der Waals surface area contributed by atoms with Crippen LogP contribution in [-0.2, 0) is 9.53 Å². The molecule has 1 fully saturated rings.